The third-order valence-electron chi connectivity index (χ3n) is 4.68. The molecule has 2 aromatic rings. The van der Waals surface area contributed by atoms with Crippen molar-refractivity contribution < 1.29 is 0 Å². The number of aromatic amines is 1. The molecule has 1 aromatic carbocycles. The van der Waals surface area contributed by atoms with Gasteiger partial charge in [-0.25, -0.2) is 0 Å². The monoisotopic (exact) mass is 341 g/mol. The molecular weight excluding hydrogens is 326 g/mol. The van der Waals surface area contributed by atoms with Crippen LogP contribution in [0.15, 0.2) is 70.7 Å². The predicted octanol–water partition coefficient (Wildman–Crippen LogP) is 3.13. The van der Waals surface area contributed by atoms with Crippen LogP contribution < -0.4 is 5.56 Å². The van der Waals surface area contributed by atoms with Crippen molar-refractivity contribution in [3.05, 3.63) is 82.4 Å². The van der Waals surface area contributed by atoms with Crippen molar-refractivity contribution >= 4 is 11.4 Å². The standard InChI is InChI=1S/C20H15N5O/c26-20-19(15-4-2-1-3-5-16(15)24-20)17-9-7-13-6-8-14(12-18(13)23-17)25-21-10-11-22-25/h1-6,8,10-12H,7,9H2,(H,24,26). The topological polar surface area (TPSA) is 75.9 Å². The molecule has 0 spiro atoms. The number of aromatic nitrogens is 4. The average molecular weight is 341 g/mol. The maximum absolute atomic E-state index is 12.5. The lowest BCUT2D eigenvalue weighted by atomic mass is 9.96. The summed E-state index contributed by atoms with van der Waals surface area (Å²) in [6.07, 6.45) is 4.88. The normalized spacial score (nSPS) is 13.5. The molecule has 6 nitrogen and oxygen atoms in total. The van der Waals surface area contributed by atoms with Crippen LogP contribution >= 0.6 is 0 Å². The number of rotatable bonds is 2. The number of aliphatic imine (C=N–C) groups is 1. The van der Waals surface area contributed by atoms with Crippen LogP contribution in [0.3, 0.4) is 0 Å². The van der Waals surface area contributed by atoms with E-state index in [2.05, 4.69) is 21.2 Å². The first-order valence-electron chi connectivity index (χ1n) is 8.48. The zero-order chi connectivity index (χ0) is 17.5. The number of aryl methyl sites for hydroxylation is 1. The molecule has 0 amide bonds. The summed E-state index contributed by atoms with van der Waals surface area (Å²) < 4.78 is 0. The zero-order valence-corrected chi connectivity index (χ0v) is 13.9. The molecule has 126 valence electrons. The van der Waals surface area contributed by atoms with Gasteiger partial charge in [-0.2, -0.15) is 15.0 Å². The molecule has 1 aromatic heterocycles. The smallest absolute Gasteiger partial charge is 0.258 e. The Kier molecular flexibility index (Phi) is 3.28. The lowest BCUT2D eigenvalue weighted by molar-refractivity contribution is 0.751. The molecular formula is C20H15N5O. The van der Waals surface area contributed by atoms with Crippen LogP contribution in [0.5, 0.6) is 0 Å². The highest BCUT2D eigenvalue weighted by molar-refractivity contribution is 6.08. The number of fused-ring (bicyclic) bond motifs is 2. The third kappa shape index (κ3) is 2.35. The number of nitrogens with zero attached hydrogens (tertiary/aromatic N) is 4. The van der Waals surface area contributed by atoms with Crippen molar-refractivity contribution in [3.63, 3.8) is 0 Å². The number of hydrogen-bond donors (Lipinski definition) is 1. The lowest BCUT2D eigenvalue weighted by Gasteiger charge is -2.16. The average Bonchev–Trinajstić information content (AvgIpc) is 3.24. The van der Waals surface area contributed by atoms with Gasteiger partial charge in [-0.3, -0.25) is 9.79 Å². The molecule has 3 aliphatic rings. The second kappa shape index (κ2) is 5.77. The Morgan fingerprint density at radius 1 is 0.962 bits per heavy atom. The summed E-state index contributed by atoms with van der Waals surface area (Å²) in [7, 11) is 0. The van der Waals surface area contributed by atoms with Crippen LogP contribution in [-0.4, -0.2) is 25.7 Å². The van der Waals surface area contributed by atoms with Gasteiger partial charge in [0.2, 0.25) is 0 Å². The van der Waals surface area contributed by atoms with Crippen LogP contribution in [0, 0.1) is 0 Å². The third-order valence-corrected chi connectivity index (χ3v) is 4.68. The molecule has 0 fully saturated rings. The van der Waals surface area contributed by atoms with Gasteiger partial charge in [-0.15, -0.1) is 0 Å². The maximum Gasteiger partial charge on any atom is 0.258 e. The summed E-state index contributed by atoms with van der Waals surface area (Å²) in [6.45, 7) is 0. The summed E-state index contributed by atoms with van der Waals surface area (Å²) >= 11 is 0. The molecule has 1 N–H and O–H groups in total. The summed E-state index contributed by atoms with van der Waals surface area (Å²) in [5.74, 6) is 0. The Hall–Kier alpha value is -3.54. The summed E-state index contributed by atoms with van der Waals surface area (Å²) in [6, 6.07) is 15.7. The van der Waals surface area contributed by atoms with Crippen LogP contribution in [0.4, 0.5) is 5.69 Å². The Balaban J connectivity index is 1.65. The Morgan fingerprint density at radius 3 is 2.69 bits per heavy atom. The van der Waals surface area contributed by atoms with Gasteiger partial charge in [0.1, 0.15) is 0 Å². The first-order valence-corrected chi connectivity index (χ1v) is 8.48. The molecule has 0 radical (unpaired) electrons. The fourth-order valence-electron chi connectivity index (χ4n) is 3.44. The molecule has 6 heteroatoms. The van der Waals surface area contributed by atoms with E-state index in [1.54, 1.807) is 17.2 Å². The molecule has 0 unspecified atom stereocenters. The SMILES string of the molecule is O=c1[nH]c2cccccc-2c1C1=Nc2cc(-n3nccn3)ccc2CC1. The van der Waals surface area contributed by atoms with Crippen LogP contribution in [-0.2, 0) is 6.42 Å². The van der Waals surface area contributed by atoms with E-state index in [0.29, 0.717) is 5.56 Å². The molecule has 3 heterocycles. The van der Waals surface area contributed by atoms with E-state index < -0.39 is 0 Å². The molecule has 0 saturated carbocycles. The molecule has 26 heavy (non-hydrogen) atoms. The Labute approximate surface area is 149 Å². The van der Waals surface area contributed by atoms with Gasteiger partial charge in [0.05, 0.1) is 35.0 Å². The fourth-order valence-corrected chi connectivity index (χ4v) is 3.44. The quantitative estimate of drug-likeness (QED) is 0.608. The maximum atomic E-state index is 12.5. The van der Waals surface area contributed by atoms with Crippen molar-refractivity contribution in [1.82, 2.24) is 20.0 Å². The Morgan fingerprint density at radius 2 is 1.81 bits per heavy atom. The van der Waals surface area contributed by atoms with Gasteiger partial charge >= 0.3 is 0 Å². The first-order chi connectivity index (χ1) is 12.8. The minimum atomic E-state index is -0.0849. The zero-order valence-electron chi connectivity index (χ0n) is 13.9. The van der Waals surface area contributed by atoms with Crippen molar-refractivity contribution in [1.29, 1.82) is 0 Å². The highest BCUT2D eigenvalue weighted by atomic mass is 16.1. The van der Waals surface area contributed by atoms with E-state index in [0.717, 1.165) is 41.2 Å². The molecule has 5 rings (SSSR count). The van der Waals surface area contributed by atoms with Crippen LogP contribution in [0.25, 0.3) is 16.9 Å². The van der Waals surface area contributed by atoms with Crippen molar-refractivity contribution in [2.24, 2.45) is 4.99 Å². The van der Waals surface area contributed by atoms with Crippen molar-refractivity contribution in [3.8, 4) is 16.9 Å². The number of benzene rings is 1. The Bertz CT molecular complexity index is 1160. The highest BCUT2D eigenvalue weighted by Crippen LogP contribution is 2.31. The minimum Gasteiger partial charge on any atom is -0.321 e. The van der Waals surface area contributed by atoms with E-state index in [-0.39, 0.29) is 5.56 Å². The number of nitrogens with one attached hydrogen (secondary N) is 1. The van der Waals surface area contributed by atoms with E-state index in [1.165, 1.54) is 5.56 Å². The fraction of sp³-hybridized carbons (Fsp3) is 0.100. The van der Waals surface area contributed by atoms with E-state index in [1.807, 2.05) is 42.5 Å². The summed E-state index contributed by atoms with van der Waals surface area (Å²) in [5, 5.41) is 8.34. The predicted molar refractivity (Wildman–Crippen MR) is 99.6 cm³/mol. The van der Waals surface area contributed by atoms with Gasteiger partial charge in [0.25, 0.3) is 5.56 Å². The summed E-state index contributed by atoms with van der Waals surface area (Å²) in [4.78, 5) is 21.9. The van der Waals surface area contributed by atoms with Gasteiger partial charge in [-0.05, 0) is 36.6 Å². The highest BCUT2D eigenvalue weighted by Gasteiger charge is 2.22. The molecule has 0 saturated heterocycles. The molecule has 0 bridgehead atoms. The number of hydrogen-bond acceptors (Lipinski definition) is 4. The van der Waals surface area contributed by atoms with E-state index >= 15 is 0 Å². The number of H-pyrrole nitrogens is 1. The van der Waals surface area contributed by atoms with Gasteiger partial charge < -0.3 is 4.98 Å². The van der Waals surface area contributed by atoms with Gasteiger partial charge in [0, 0.05) is 11.3 Å². The largest absolute Gasteiger partial charge is 0.321 e. The van der Waals surface area contributed by atoms with Gasteiger partial charge in [-0.1, -0.05) is 30.3 Å². The molecule has 2 aliphatic heterocycles. The van der Waals surface area contributed by atoms with E-state index in [9.17, 15) is 4.79 Å². The van der Waals surface area contributed by atoms with Gasteiger partial charge in [0.15, 0.2) is 0 Å². The van der Waals surface area contributed by atoms with Crippen molar-refractivity contribution in [2.75, 3.05) is 0 Å². The first kappa shape index (κ1) is 14.8. The van der Waals surface area contributed by atoms with E-state index in [4.69, 9.17) is 4.99 Å². The van der Waals surface area contributed by atoms with Crippen LogP contribution in [0.2, 0.25) is 0 Å². The molecule has 1 aliphatic carbocycles. The lowest BCUT2D eigenvalue weighted by Crippen LogP contribution is -2.16. The molecule has 0 atom stereocenters. The second-order valence-corrected chi connectivity index (χ2v) is 6.26. The van der Waals surface area contributed by atoms with Crippen LogP contribution in [0.1, 0.15) is 17.5 Å². The second-order valence-electron chi connectivity index (χ2n) is 6.26. The van der Waals surface area contributed by atoms with Crippen molar-refractivity contribution in [2.45, 2.75) is 12.8 Å². The minimum absolute atomic E-state index is 0.0849. The summed E-state index contributed by atoms with van der Waals surface area (Å²) in [5.41, 5.74) is 6.04.